The van der Waals surface area contributed by atoms with Crippen molar-refractivity contribution in [2.45, 2.75) is 52.5 Å². The fourth-order valence-electron chi connectivity index (χ4n) is 3.87. The second-order valence-corrected chi connectivity index (χ2v) is 14.4. The van der Waals surface area contributed by atoms with Gasteiger partial charge in [-0.05, 0) is 67.3 Å². The van der Waals surface area contributed by atoms with Crippen LogP contribution in [0, 0.1) is 5.92 Å². The van der Waals surface area contributed by atoms with Gasteiger partial charge in [-0.3, -0.25) is 0 Å². The third-order valence-electron chi connectivity index (χ3n) is 5.05. The monoisotopic (exact) mass is 492 g/mol. The maximum absolute atomic E-state index is 6.94. The van der Waals surface area contributed by atoms with Crippen molar-refractivity contribution in [1.82, 2.24) is 0 Å². The lowest BCUT2D eigenvalue weighted by Crippen LogP contribution is -2.66. The Balaban J connectivity index is 2.31. The molecule has 0 N–H and O–H groups in total. The van der Waals surface area contributed by atoms with Gasteiger partial charge in [0.25, 0.3) is 8.32 Å². The molecular weight excluding hydrogens is 459 g/mol. The fraction of sp³-hybridized carbons (Fsp3) is 0.417. The van der Waals surface area contributed by atoms with E-state index in [2.05, 4.69) is 124 Å². The van der Waals surface area contributed by atoms with Crippen molar-refractivity contribution in [3.8, 4) is 0 Å². The van der Waals surface area contributed by atoms with Crippen LogP contribution in [0.4, 0.5) is 0 Å². The van der Waals surface area contributed by atoms with E-state index in [1.54, 1.807) is 0 Å². The minimum Gasteiger partial charge on any atom is -0.407 e. The minimum absolute atomic E-state index is 0.0556. The van der Waals surface area contributed by atoms with Crippen LogP contribution in [0.2, 0.25) is 5.04 Å². The zero-order chi connectivity index (χ0) is 19.9. The Morgan fingerprint density at radius 3 is 1.89 bits per heavy atom. The van der Waals surface area contributed by atoms with Gasteiger partial charge in [0.05, 0.1) is 0 Å². The first-order valence-corrected chi connectivity index (χ1v) is 12.8. The molecule has 0 aliphatic rings. The molecule has 0 aliphatic carbocycles. The third-order valence-corrected chi connectivity index (χ3v) is 10.5. The van der Waals surface area contributed by atoms with Gasteiger partial charge in [-0.2, -0.15) is 0 Å². The molecule has 1 atom stereocenters. The molecule has 0 bridgehead atoms. The molecule has 0 saturated heterocycles. The highest BCUT2D eigenvalue weighted by molar-refractivity contribution is 14.1. The Hall–Kier alpha value is -0.913. The molecule has 0 heterocycles. The Kier molecular flexibility index (Phi) is 8.32. The molecular formula is C24H33IOSi. The molecule has 146 valence electrons. The summed E-state index contributed by atoms with van der Waals surface area (Å²) >= 11 is 2.39. The summed E-state index contributed by atoms with van der Waals surface area (Å²) in [5.41, 5.74) is 0. The molecule has 2 aromatic rings. The molecule has 2 aromatic carbocycles. The van der Waals surface area contributed by atoms with Crippen molar-refractivity contribution in [3.63, 3.8) is 0 Å². The minimum atomic E-state index is -2.37. The van der Waals surface area contributed by atoms with E-state index < -0.39 is 8.32 Å². The average Bonchev–Trinajstić information content (AvgIpc) is 2.61. The van der Waals surface area contributed by atoms with Crippen LogP contribution < -0.4 is 10.4 Å². The molecule has 0 amide bonds. The lowest BCUT2D eigenvalue weighted by Gasteiger charge is -2.43. The smallest absolute Gasteiger partial charge is 0.261 e. The highest BCUT2D eigenvalue weighted by Gasteiger charge is 2.49. The van der Waals surface area contributed by atoms with Gasteiger partial charge in [-0.15, -0.1) is 0 Å². The van der Waals surface area contributed by atoms with E-state index in [0.717, 1.165) is 13.0 Å². The molecule has 0 unspecified atom stereocenters. The molecule has 0 radical (unpaired) electrons. The SMILES string of the molecule is C/C(I)=C\[C@@H](C)CCCO[Si](c1ccccc1)(c1ccccc1)C(C)(C)C. The van der Waals surface area contributed by atoms with Gasteiger partial charge in [0.15, 0.2) is 0 Å². The Bertz CT molecular complexity index is 676. The second kappa shape index (κ2) is 10.0. The normalized spacial score (nSPS) is 14.2. The largest absolute Gasteiger partial charge is 0.407 e. The third kappa shape index (κ3) is 5.78. The van der Waals surface area contributed by atoms with Gasteiger partial charge < -0.3 is 4.43 Å². The van der Waals surface area contributed by atoms with Gasteiger partial charge in [0, 0.05) is 6.61 Å². The topological polar surface area (TPSA) is 9.23 Å². The van der Waals surface area contributed by atoms with E-state index in [-0.39, 0.29) is 5.04 Å². The molecule has 3 heteroatoms. The first-order chi connectivity index (χ1) is 12.8. The van der Waals surface area contributed by atoms with Crippen molar-refractivity contribution in [1.29, 1.82) is 0 Å². The number of hydrogen-bond donors (Lipinski definition) is 0. The molecule has 27 heavy (non-hydrogen) atoms. The van der Waals surface area contributed by atoms with Crippen LogP contribution in [0.3, 0.4) is 0 Å². The summed E-state index contributed by atoms with van der Waals surface area (Å²) in [5, 5.41) is 2.78. The summed E-state index contributed by atoms with van der Waals surface area (Å²) in [5.74, 6) is 0.602. The van der Waals surface area contributed by atoms with Gasteiger partial charge in [-0.25, -0.2) is 0 Å². The lowest BCUT2D eigenvalue weighted by molar-refractivity contribution is 0.283. The van der Waals surface area contributed by atoms with Crippen LogP contribution >= 0.6 is 22.6 Å². The number of hydrogen-bond acceptors (Lipinski definition) is 1. The zero-order valence-corrected chi connectivity index (χ0v) is 20.5. The number of rotatable bonds is 8. The Labute approximate surface area is 180 Å². The molecule has 1 nitrogen and oxygen atoms in total. The van der Waals surface area contributed by atoms with Crippen LogP contribution in [-0.4, -0.2) is 14.9 Å². The van der Waals surface area contributed by atoms with Crippen molar-refractivity contribution in [2.75, 3.05) is 6.61 Å². The van der Waals surface area contributed by atoms with Gasteiger partial charge in [0.1, 0.15) is 0 Å². The number of benzene rings is 2. The summed E-state index contributed by atoms with van der Waals surface area (Å²) in [6.07, 6.45) is 4.61. The van der Waals surface area contributed by atoms with E-state index in [1.807, 2.05) is 0 Å². The van der Waals surface area contributed by atoms with Crippen molar-refractivity contribution in [2.24, 2.45) is 5.92 Å². The predicted octanol–water partition coefficient (Wildman–Crippen LogP) is 6.32. The van der Waals surface area contributed by atoms with E-state index in [4.69, 9.17) is 4.43 Å². The fourth-order valence-corrected chi connectivity index (χ4v) is 9.09. The van der Waals surface area contributed by atoms with Gasteiger partial charge in [0.2, 0.25) is 0 Å². The van der Waals surface area contributed by atoms with Crippen LogP contribution in [0.5, 0.6) is 0 Å². The Morgan fingerprint density at radius 1 is 1.00 bits per heavy atom. The summed E-state index contributed by atoms with van der Waals surface area (Å²) in [4.78, 5) is 0. The van der Waals surface area contributed by atoms with Crippen molar-refractivity contribution >= 4 is 41.3 Å². The molecule has 0 saturated carbocycles. The van der Waals surface area contributed by atoms with E-state index in [1.165, 1.54) is 20.4 Å². The lowest BCUT2D eigenvalue weighted by atomic mass is 10.1. The molecule has 0 fully saturated rings. The summed E-state index contributed by atoms with van der Waals surface area (Å²) in [6.45, 7) is 12.3. The van der Waals surface area contributed by atoms with E-state index >= 15 is 0 Å². The summed E-state index contributed by atoms with van der Waals surface area (Å²) in [7, 11) is -2.37. The van der Waals surface area contributed by atoms with Crippen molar-refractivity contribution in [3.05, 3.63) is 70.3 Å². The van der Waals surface area contributed by atoms with E-state index in [9.17, 15) is 0 Å². The average molecular weight is 493 g/mol. The molecule has 2 rings (SSSR count). The maximum atomic E-state index is 6.94. The zero-order valence-electron chi connectivity index (χ0n) is 17.3. The second-order valence-electron chi connectivity index (χ2n) is 8.38. The first kappa shape index (κ1) is 22.4. The molecule has 0 aromatic heterocycles. The highest BCUT2D eigenvalue weighted by Crippen LogP contribution is 2.36. The molecule has 0 spiro atoms. The van der Waals surface area contributed by atoms with Crippen LogP contribution in [-0.2, 0) is 4.43 Å². The first-order valence-electron chi connectivity index (χ1n) is 9.86. The van der Waals surface area contributed by atoms with Crippen molar-refractivity contribution < 1.29 is 4.43 Å². The maximum Gasteiger partial charge on any atom is 0.261 e. The van der Waals surface area contributed by atoms with E-state index in [0.29, 0.717) is 5.92 Å². The van der Waals surface area contributed by atoms with Crippen LogP contribution in [0.25, 0.3) is 0 Å². The predicted molar refractivity (Wildman–Crippen MR) is 130 cm³/mol. The van der Waals surface area contributed by atoms with Crippen LogP contribution in [0.1, 0.15) is 47.5 Å². The summed E-state index contributed by atoms with van der Waals surface area (Å²) < 4.78 is 8.31. The summed E-state index contributed by atoms with van der Waals surface area (Å²) in [6, 6.07) is 21.8. The van der Waals surface area contributed by atoms with Gasteiger partial charge >= 0.3 is 0 Å². The Morgan fingerprint density at radius 2 is 1.48 bits per heavy atom. The highest BCUT2D eigenvalue weighted by atomic mass is 127. The number of halogens is 1. The molecule has 0 aliphatic heterocycles. The standard InChI is InChI=1S/C24H33IOSi/c1-20(19-21(2)25)13-12-18-26-27(24(3,4)5,22-14-8-6-9-15-22)23-16-10-7-11-17-23/h6-11,14-17,19-20H,12-13,18H2,1-5H3/b21-19+/t20-/m0/s1. The quantitative estimate of drug-likeness (QED) is 0.238. The van der Waals surface area contributed by atoms with Gasteiger partial charge in [-0.1, -0.05) is 94.4 Å². The number of allylic oxidation sites excluding steroid dienone is 2. The van der Waals surface area contributed by atoms with Crippen LogP contribution in [0.15, 0.2) is 70.3 Å².